The van der Waals surface area contributed by atoms with Gasteiger partial charge in [-0.1, -0.05) is 6.92 Å². The minimum Gasteiger partial charge on any atom is -0.505 e. The number of hydrogen-bond donors (Lipinski definition) is 1. The van der Waals surface area contributed by atoms with Gasteiger partial charge in [0.1, 0.15) is 5.75 Å². The Kier molecular flexibility index (Phi) is 3.95. The molecule has 1 aromatic heterocycles. The Morgan fingerprint density at radius 2 is 2.36 bits per heavy atom. The van der Waals surface area contributed by atoms with Gasteiger partial charge in [-0.15, -0.1) is 0 Å². The third kappa shape index (κ3) is 2.26. The first kappa shape index (κ1) is 11.0. The van der Waals surface area contributed by atoms with Crippen LogP contribution in [0.15, 0.2) is 6.20 Å². The summed E-state index contributed by atoms with van der Waals surface area (Å²) < 4.78 is 0. The van der Waals surface area contributed by atoms with Crippen molar-refractivity contribution >= 4 is 18.0 Å². The fourth-order valence-corrected chi connectivity index (χ4v) is 1.77. The molecule has 0 aliphatic carbocycles. The average Bonchev–Trinajstić information content (AvgIpc) is 2.20. The number of pyridine rings is 1. The first-order valence-corrected chi connectivity index (χ1v) is 5.56. The van der Waals surface area contributed by atoms with Gasteiger partial charge in [0.15, 0.2) is 6.29 Å². The second kappa shape index (κ2) is 5.00. The zero-order valence-electron chi connectivity index (χ0n) is 8.28. The highest BCUT2D eigenvalue weighted by Gasteiger charge is 2.10. The molecule has 0 radical (unpaired) electrons. The minimum atomic E-state index is 0.00852. The van der Waals surface area contributed by atoms with Crippen LogP contribution in [0.2, 0.25) is 0 Å². The molecule has 1 heterocycles. The summed E-state index contributed by atoms with van der Waals surface area (Å²) in [5, 5.41) is 9.57. The van der Waals surface area contributed by atoms with E-state index >= 15 is 0 Å². The number of aldehydes is 1. The van der Waals surface area contributed by atoms with Gasteiger partial charge in [-0.05, 0) is 18.2 Å². The number of thioether (sulfide) groups is 1. The van der Waals surface area contributed by atoms with Gasteiger partial charge in [-0.2, -0.15) is 11.8 Å². The molecule has 0 aromatic carbocycles. The van der Waals surface area contributed by atoms with Crippen LogP contribution in [0.1, 0.15) is 28.5 Å². The molecular formula is C10H13NO2S. The van der Waals surface area contributed by atoms with E-state index in [9.17, 15) is 9.90 Å². The average molecular weight is 211 g/mol. The van der Waals surface area contributed by atoms with Crippen molar-refractivity contribution in [3.8, 4) is 5.75 Å². The van der Waals surface area contributed by atoms with E-state index in [4.69, 9.17) is 0 Å². The van der Waals surface area contributed by atoms with Gasteiger partial charge >= 0.3 is 0 Å². The first-order valence-electron chi connectivity index (χ1n) is 4.41. The lowest BCUT2D eigenvalue weighted by Crippen LogP contribution is -1.96. The number of aryl methyl sites for hydroxylation is 1. The maximum Gasteiger partial charge on any atom is 0.154 e. The molecule has 4 heteroatoms. The van der Waals surface area contributed by atoms with Crippen LogP contribution in [0.3, 0.4) is 0 Å². The van der Waals surface area contributed by atoms with Gasteiger partial charge in [0.2, 0.25) is 0 Å². The molecule has 0 saturated carbocycles. The highest BCUT2D eigenvalue weighted by Crippen LogP contribution is 2.24. The third-order valence-corrected chi connectivity index (χ3v) is 2.86. The second-order valence-electron chi connectivity index (χ2n) is 2.89. The van der Waals surface area contributed by atoms with E-state index in [0.717, 1.165) is 11.3 Å². The number of nitrogens with zero attached hydrogens (tertiary/aromatic N) is 1. The Bertz CT molecular complexity index is 339. The zero-order valence-corrected chi connectivity index (χ0v) is 9.10. The molecule has 0 unspecified atom stereocenters. The summed E-state index contributed by atoms with van der Waals surface area (Å²) in [5.41, 5.74) is 1.67. The third-order valence-electron chi connectivity index (χ3n) is 1.94. The van der Waals surface area contributed by atoms with Gasteiger partial charge in [0, 0.05) is 11.9 Å². The largest absolute Gasteiger partial charge is 0.505 e. The van der Waals surface area contributed by atoms with E-state index in [0.29, 0.717) is 23.3 Å². The standard InChI is InChI=1S/C10H13NO2S/c1-3-14-6-8-4-11-7(2)10(13)9(8)5-12/h4-5,13H,3,6H2,1-2H3. The predicted molar refractivity (Wildman–Crippen MR) is 57.9 cm³/mol. The lowest BCUT2D eigenvalue weighted by atomic mass is 10.1. The van der Waals surface area contributed by atoms with Gasteiger partial charge in [0.05, 0.1) is 11.3 Å². The summed E-state index contributed by atoms with van der Waals surface area (Å²) in [6, 6.07) is 0. The van der Waals surface area contributed by atoms with Crippen LogP contribution in [-0.2, 0) is 5.75 Å². The fraction of sp³-hybridized carbons (Fsp3) is 0.400. The van der Waals surface area contributed by atoms with Gasteiger partial charge in [-0.25, -0.2) is 0 Å². The van der Waals surface area contributed by atoms with E-state index in [2.05, 4.69) is 4.98 Å². The molecule has 0 saturated heterocycles. The SMILES string of the molecule is CCSCc1cnc(C)c(O)c1C=O. The normalized spacial score (nSPS) is 10.1. The van der Waals surface area contributed by atoms with Crippen LogP contribution >= 0.6 is 11.8 Å². The van der Waals surface area contributed by atoms with Crippen LogP contribution in [-0.4, -0.2) is 22.1 Å². The maximum atomic E-state index is 10.8. The van der Waals surface area contributed by atoms with Crippen molar-refractivity contribution in [2.75, 3.05) is 5.75 Å². The van der Waals surface area contributed by atoms with Crippen LogP contribution in [0.5, 0.6) is 5.75 Å². The lowest BCUT2D eigenvalue weighted by Gasteiger charge is -2.06. The smallest absolute Gasteiger partial charge is 0.154 e. The highest BCUT2D eigenvalue weighted by molar-refractivity contribution is 7.98. The van der Waals surface area contributed by atoms with Gasteiger partial charge in [0.25, 0.3) is 0 Å². The van der Waals surface area contributed by atoms with Crippen molar-refractivity contribution in [2.24, 2.45) is 0 Å². The number of rotatable bonds is 4. The minimum absolute atomic E-state index is 0.00852. The molecule has 0 aliphatic rings. The van der Waals surface area contributed by atoms with Crippen molar-refractivity contribution in [1.82, 2.24) is 4.98 Å². The van der Waals surface area contributed by atoms with E-state index in [-0.39, 0.29) is 5.75 Å². The summed E-state index contributed by atoms with van der Waals surface area (Å²) in [6.45, 7) is 3.73. The Hall–Kier alpha value is -1.03. The number of aromatic hydroxyl groups is 1. The Balaban J connectivity index is 3.04. The highest BCUT2D eigenvalue weighted by atomic mass is 32.2. The molecule has 76 valence electrons. The number of hydrogen-bond acceptors (Lipinski definition) is 4. The molecule has 1 N–H and O–H groups in total. The monoisotopic (exact) mass is 211 g/mol. The first-order chi connectivity index (χ1) is 6.70. The van der Waals surface area contributed by atoms with Crippen molar-refractivity contribution in [2.45, 2.75) is 19.6 Å². The molecule has 1 rings (SSSR count). The molecule has 0 bridgehead atoms. The summed E-state index contributed by atoms with van der Waals surface area (Å²) in [5.74, 6) is 1.70. The Morgan fingerprint density at radius 1 is 1.64 bits per heavy atom. The van der Waals surface area contributed by atoms with Crippen LogP contribution in [0.4, 0.5) is 0 Å². The molecule has 14 heavy (non-hydrogen) atoms. The summed E-state index contributed by atoms with van der Waals surface area (Å²) in [7, 11) is 0. The van der Waals surface area contributed by atoms with Crippen LogP contribution < -0.4 is 0 Å². The summed E-state index contributed by atoms with van der Waals surface area (Å²) in [6.07, 6.45) is 2.34. The molecule has 0 atom stereocenters. The van der Waals surface area contributed by atoms with Crippen molar-refractivity contribution < 1.29 is 9.90 Å². The van der Waals surface area contributed by atoms with Gasteiger partial charge in [-0.3, -0.25) is 9.78 Å². The van der Waals surface area contributed by atoms with Crippen LogP contribution in [0, 0.1) is 6.92 Å². The van der Waals surface area contributed by atoms with E-state index in [1.165, 1.54) is 0 Å². The van der Waals surface area contributed by atoms with E-state index in [1.54, 1.807) is 24.9 Å². The predicted octanol–water partition coefficient (Wildman–Crippen LogP) is 2.16. The number of carbonyl (C=O) groups excluding carboxylic acids is 1. The summed E-state index contributed by atoms with van der Waals surface area (Å²) >= 11 is 1.70. The van der Waals surface area contributed by atoms with Gasteiger partial charge < -0.3 is 5.11 Å². The van der Waals surface area contributed by atoms with Crippen molar-refractivity contribution in [3.63, 3.8) is 0 Å². The van der Waals surface area contributed by atoms with Crippen molar-refractivity contribution in [3.05, 3.63) is 23.0 Å². The van der Waals surface area contributed by atoms with E-state index in [1.807, 2.05) is 6.92 Å². The lowest BCUT2D eigenvalue weighted by molar-refractivity contribution is 0.112. The molecule has 0 fully saturated rings. The van der Waals surface area contributed by atoms with Crippen LogP contribution in [0.25, 0.3) is 0 Å². The maximum absolute atomic E-state index is 10.8. The van der Waals surface area contributed by atoms with E-state index < -0.39 is 0 Å². The van der Waals surface area contributed by atoms with Crippen molar-refractivity contribution in [1.29, 1.82) is 0 Å². The number of carbonyl (C=O) groups is 1. The zero-order chi connectivity index (χ0) is 10.6. The molecule has 0 spiro atoms. The molecular weight excluding hydrogens is 198 g/mol. The molecule has 1 aromatic rings. The molecule has 3 nitrogen and oxygen atoms in total. The molecule has 0 aliphatic heterocycles. The molecule has 0 amide bonds. The quantitative estimate of drug-likeness (QED) is 0.775. The summed E-state index contributed by atoms with van der Waals surface area (Å²) in [4.78, 5) is 14.8. The second-order valence-corrected chi connectivity index (χ2v) is 4.16. The number of aromatic nitrogens is 1. The topological polar surface area (TPSA) is 50.2 Å². The Morgan fingerprint density at radius 3 is 2.93 bits per heavy atom. The fourth-order valence-electron chi connectivity index (χ4n) is 1.11. The Labute approximate surface area is 87.6 Å².